The molecule has 0 radical (unpaired) electrons. The lowest BCUT2D eigenvalue weighted by Crippen LogP contribution is -2.35. The minimum absolute atomic E-state index is 0.0365. The highest BCUT2D eigenvalue weighted by atomic mass is 16.5. The molecule has 4 rings (SSSR count). The van der Waals surface area contributed by atoms with Crippen molar-refractivity contribution in [2.75, 3.05) is 29.9 Å². The Morgan fingerprint density at radius 3 is 2.22 bits per heavy atom. The van der Waals surface area contributed by atoms with Gasteiger partial charge in [0.05, 0.1) is 6.04 Å². The lowest BCUT2D eigenvalue weighted by molar-refractivity contribution is -0.117. The number of piperidine rings is 1. The zero-order valence-electron chi connectivity index (χ0n) is 15.6. The zero-order valence-corrected chi connectivity index (χ0v) is 15.6. The summed E-state index contributed by atoms with van der Waals surface area (Å²) in [5, 5.41) is 6.16. The molecule has 0 spiro atoms. The van der Waals surface area contributed by atoms with Gasteiger partial charge in [0.1, 0.15) is 11.5 Å². The molecule has 5 nitrogen and oxygen atoms in total. The van der Waals surface area contributed by atoms with Crippen molar-refractivity contribution in [1.29, 1.82) is 0 Å². The van der Waals surface area contributed by atoms with Crippen LogP contribution in [0.2, 0.25) is 0 Å². The van der Waals surface area contributed by atoms with Gasteiger partial charge in [0, 0.05) is 24.5 Å². The Kier molecular flexibility index (Phi) is 5.58. The van der Waals surface area contributed by atoms with Crippen molar-refractivity contribution in [1.82, 2.24) is 5.32 Å². The summed E-state index contributed by atoms with van der Waals surface area (Å²) in [4.78, 5) is 14.6. The summed E-state index contributed by atoms with van der Waals surface area (Å²) >= 11 is 0. The smallest absolute Gasteiger partial charge is 0.241 e. The molecule has 1 amide bonds. The van der Waals surface area contributed by atoms with Gasteiger partial charge in [0.15, 0.2) is 0 Å². The Labute approximate surface area is 160 Å². The van der Waals surface area contributed by atoms with Crippen LogP contribution in [0, 0.1) is 0 Å². The van der Waals surface area contributed by atoms with E-state index in [2.05, 4.69) is 27.7 Å². The number of benzene rings is 2. The first-order valence-electron chi connectivity index (χ1n) is 9.95. The number of hydrogen-bond donors (Lipinski definition) is 2. The third-order valence-corrected chi connectivity index (χ3v) is 5.29. The van der Waals surface area contributed by atoms with Gasteiger partial charge in [-0.05, 0) is 87.2 Å². The first kappa shape index (κ1) is 17.9. The van der Waals surface area contributed by atoms with E-state index >= 15 is 0 Å². The largest absolute Gasteiger partial charge is 0.457 e. The lowest BCUT2D eigenvalue weighted by Gasteiger charge is -2.28. The first-order chi connectivity index (χ1) is 13.3. The molecule has 2 saturated heterocycles. The van der Waals surface area contributed by atoms with Crippen LogP contribution in [0.15, 0.2) is 48.5 Å². The molecule has 142 valence electrons. The summed E-state index contributed by atoms with van der Waals surface area (Å²) in [7, 11) is 0. The number of nitrogens with one attached hydrogen (secondary N) is 2. The number of hydrogen-bond acceptors (Lipinski definition) is 4. The van der Waals surface area contributed by atoms with E-state index in [9.17, 15) is 4.79 Å². The second-order valence-corrected chi connectivity index (χ2v) is 7.31. The van der Waals surface area contributed by atoms with E-state index in [1.54, 1.807) is 0 Å². The third-order valence-electron chi connectivity index (χ3n) is 5.29. The molecule has 0 bridgehead atoms. The average Bonchev–Trinajstić information content (AvgIpc) is 3.26. The summed E-state index contributed by atoms with van der Waals surface area (Å²) in [6, 6.07) is 15.8. The van der Waals surface area contributed by atoms with E-state index in [-0.39, 0.29) is 11.9 Å². The molecule has 5 heteroatoms. The van der Waals surface area contributed by atoms with Gasteiger partial charge >= 0.3 is 0 Å². The van der Waals surface area contributed by atoms with Gasteiger partial charge in [-0.3, -0.25) is 4.79 Å². The quantitative estimate of drug-likeness (QED) is 0.835. The number of nitrogens with zero attached hydrogens (tertiary/aromatic N) is 1. The maximum atomic E-state index is 12.1. The van der Waals surface area contributed by atoms with Crippen molar-refractivity contribution >= 4 is 17.3 Å². The SMILES string of the molecule is O=C(Nc1ccc(Oc2ccc(N3CCCCC3)cc2)cc1)[C@@H]1CCCN1. The second kappa shape index (κ2) is 8.44. The Morgan fingerprint density at radius 2 is 1.59 bits per heavy atom. The molecule has 0 saturated carbocycles. The van der Waals surface area contributed by atoms with Gasteiger partial charge in [-0.2, -0.15) is 0 Å². The highest BCUT2D eigenvalue weighted by Gasteiger charge is 2.21. The van der Waals surface area contributed by atoms with Crippen LogP contribution in [0.1, 0.15) is 32.1 Å². The fourth-order valence-corrected chi connectivity index (χ4v) is 3.76. The van der Waals surface area contributed by atoms with Crippen LogP contribution in [0.5, 0.6) is 11.5 Å². The van der Waals surface area contributed by atoms with E-state index < -0.39 is 0 Å². The van der Waals surface area contributed by atoms with E-state index in [1.165, 1.54) is 24.9 Å². The Bertz CT molecular complexity index is 746. The number of amides is 1. The third kappa shape index (κ3) is 4.61. The van der Waals surface area contributed by atoms with E-state index in [1.807, 2.05) is 36.4 Å². The summed E-state index contributed by atoms with van der Waals surface area (Å²) in [6.07, 6.45) is 5.85. The summed E-state index contributed by atoms with van der Waals surface area (Å²) in [5.41, 5.74) is 2.06. The highest BCUT2D eigenvalue weighted by Crippen LogP contribution is 2.27. The maximum Gasteiger partial charge on any atom is 0.241 e. The van der Waals surface area contributed by atoms with Crippen LogP contribution in [0.25, 0.3) is 0 Å². The number of anilines is 2. The van der Waals surface area contributed by atoms with Crippen molar-refractivity contribution in [3.63, 3.8) is 0 Å². The monoisotopic (exact) mass is 365 g/mol. The minimum Gasteiger partial charge on any atom is -0.457 e. The normalized spacial score (nSPS) is 19.7. The van der Waals surface area contributed by atoms with Crippen LogP contribution in [-0.2, 0) is 4.79 Å². The average molecular weight is 365 g/mol. The molecule has 2 aliphatic heterocycles. The van der Waals surface area contributed by atoms with Crippen LogP contribution < -0.4 is 20.3 Å². The van der Waals surface area contributed by atoms with Gasteiger partial charge in [-0.1, -0.05) is 0 Å². The number of carbonyl (C=O) groups excluding carboxylic acids is 1. The first-order valence-corrected chi connectivity index (χ1v) is 9.95. The molecule has 2 fully saturated rings. The lowest BCUT2D eigenvalue weighted by atomic mass is 10.1. The van der Waals surface area contributed by atoms with Gasteiger partial charge in [-0.25, -0.2) is 0 Å². The Hall–Kier alpha value is -2.53. The molecular formula is C22H27N3O2. The van der Waals surface area contributed by atoms with Gasteiger partial charge in [0.25, 0.3) is 0 Å². The Balaban J connectivity index is 1.33. The molecule has 0 aliphatic carbocycles. The van der Waals surface area contributed by atoms with Crippen LogP contribution in [0.4, 0.5) is 11.4 Å². The molecule has 2 heterocycles. The fraction of sp³-hybridized carbons (Fsp3) is 0.409. The van der Waals surface area contributed by atoms with Crippen LogP contribution in [-0.4, -0.2) is 31.6 Å². The van der Waals surface area contributed by atoms with Gasteiger partial charge in [-0.15, -0.1) is 0 Å². The maximum absolute atomic E-state index is 12.1. The highest BCUT2D eigenvalue weighted by molar-refractivity contribution is 5.95. The number of ether oxygens (including phenoxy) is 1. The minimum atomic E-state index is -0.0701. The molecular weight excluding hydrogens is 338 g/mol. The van der Waals surface area contributed by atoms with Crippen molar-refractivity contribution < 1.29 is 9.53 Å². The molecule has 0 aromatic heterocycles. The van der Waals surface area contributed by atoms with E-state index in [0.717, 1.165) is 49.7 Å². The zero-order chi connectivity index (χ0) is 18.5. The fourth-order valence-electron chi connectivity index (χ4n) is 3.76. The predicted octanol–water partition coefficient (Wildman–Crippen LogP) is 4.16. The van der Waals surface area contributed by atoms with Crippen molar-refractivity contribution in [3.8, 4) is 11.5 Å². The molecule has 2 aromatic carbocycles. The van der Waals surface area contributed by atoms with Crippen LogP contribution >= 0.6 is 0 Å². The standard InChI is InChI=1S/C22H27N3O2/c26-22(21-5-4-14-23-21)24-17-6-10-19(11-7-17)27-20-12-8-18(9-13-20)25-15-2-1-3-16-25/h6-13,21,23H,1-5,14-16H2,(H,24,26)/t21-/m0/s1. The summed E-state index contributed by atoms with van der Waals surface area (Å²) in [6.45, 7) is 3.20. The number of rotatable bonds is 5. The molecule has 1 atom stereocenters. The second-order valence-electron chi connectivity index (χ2n) is 7.31. The van der Waals surface area contributed by atoms with E-state index in [4.69, 9.17) is 4.74 Å². The predicted molar refractivity (Wildman–Crippen MR) is 109 cm³/mol. The van der Waals surface area contributed by atoms with Crippen molar-refractivity contribution in [3.05, 3.63) is 48.5 Å². The number of carbonyl (C=O) groups is 1. The van der Waals surface area contributed by atoms with Crippen molar-refractivity contribution in [2.24, 2.45) is 0 Å². The van der Waals surface area contributed by atoms with E-state index in [0.29, 0.717) is 0 Å². The Morgan fingerprint density at radius 1 is 0.926 bits per heavy atom. The van der Waals surface area contributed by atoms with Crippen molar-refractivity contribution in [2.45, 2.75) is 38.1 Å². The van der Waals surface area contributed by atoms with Crippen LogP contribution in [0.3, 0.4) is 0 Å². The molecule has 2 N–H and O–H groups in total. The van der Waals surface area contributed by atoms with Gasteiger partial charge < -0.3 is 20.3 Å². The summed E-state index contributed by atoms with van der Waals surface area (Å²) < 4.78 is 5.94. The molecule has 0 unspecified atom stereocenters. The molecule has 27 heavy (non-hydrogen) atoms. The summed E-state index contributed by atoms with van der Waals surface area (Å²) in [5.74, 6) is 1.62. The topological polar surface area (TPSA) is 53.6 Å². The molecule has 2 aliphatic rings. The molecule has 2 aromatic rings. The van der Waals surface area contributed by atoms with Gasteiger partial charge in [0.2, 0.25) is 5.91 Å².